The third-order valence-corrected chi connectivity index (χ3v) is 5.43. The third kappa shape index (κ3) is 4.27. The Bertz CT molecular complexity index is 947. The highest BCUT2D eigenvalue weighted by Crippen LogP contribution is 2.31. The molecule has 6 nitrogen and oxygen atoms in total. The van der Waals surface area contributed by atoms with Crippen molar-refractivity contribution in [3.05, 3.63) is 60.0 Å². The van der Waals surface area contributed by atoms with Gasteiger partial charge in [0.1, 0.15) is 5.75 Å². The minimum Gasteiger partial charge on any atom is -0.492 e. The lowest BCUT2D eigenvalue weighted by Gasteiger charge is -2.38. The smallest absolute Gasteiger partial charge is 0.247 e. The zero-order chi connectivity index (χ0) is 20.2. The Labute approximate surface area is 172 Å². The molecule has 0 bridgehead atoms. The van der Waals surface area contributed by atoms with Crippen molar-refractivity contribution in [1.29, 1.82) is 0 Å². The van der Waals surface area contributed by atoms with Gasteiger partial charge in [-0.05, 0) is 45.0 Å². The van der Waals surface area contributed by atoms with Gasteiger partial charge in [0.05, 0.1) is 18.3 Å². The average Bonchev–Trinajstić information content (AvgIpc) is 3.24. The topological polar surface area (TPSA) is 54.6 Å². The predicted molar refractivity (Wildman–Crippen MR) is 114 cm³/mol. The molecule has 1 fully saturated rings. The van der Waals surface area contributed by atoms with Crippen LogP contribution in [0.25, 0.3) is 11.5 Å². The number of aryl methyl sites for hydroxylation is 1. The van der Waals surface area contributed by atoms with Crippen molar-refractivity contribution in [2.24, 2.45) is 0 Å². The summed E-state index contributed by atoms with van der Waals surface area (Å²) in [5.41, 5.74) is 3.31. The summed E-state index contributed by atoms with van der Waals surface area (Å²) in [6.07, 6.45) is 0. The van der Waals surface area contributed by atoms with E-state index in [2.05, 4.69) is 58.1 Å². The van der Waals surface area contributed by atoms with Crippen molar-refractivity contribution < 1.29 is 9.15 Å². The molecule has 6 heteroatoms. The standard InChI is InChI=1S/C23H28N4O2/c1-4-28-21-11-6-5-10-20(21)27-14-12-26(13-15-27)18(3)22-24-25-23(29-22)19-9-7-8-17(2)16-19/h5-11,16,18H,4,12-15H2,1-3H3/t18-/m1/s1. The van der Waals surface area contributed by atoms with Gasteiger partial charge >= 0.3 is 0 Å². The van der Waals surface area contributed by atoms with Crippen LogP contribution in [0, 0.1) is 6.92 Å². The second-order valence-electron chi connectivity index (χ2n) is 7.41. The minimum atomic E-state index is 0.0883. The molecule has 0 unspecified atom stereocenters. The minimum absolute atomic E-state index is 0.0883. The fourth-order valence-corrected chi connectivity index (χ4v) is 3.80. The highest BCUT2D eigenvalue weighted by Gasteiger charge is 2.26. The molecular weight excluding hydrogens is 364 g/mol. The molecule has 1 saturated heterocycles. The molecule has 0 radical (unpaired) electrons. The molecule has 29 heavy (non-hydrogen) atoms. The number of nitrogens with zero attached hydrogens (tertiary/aromatic N) is 4. The van der Waals surface area contributed by atoms with E-state index in [9.17, 15) is 0 Å². The summed E-state index contributed by atoms with van der Waals surface area (Å²) < 4.78 is 11.8. The predicted octanol–water partition coefficient (Wildman–Crippen LogP) is 4.33. The summed E-state index contributed by atoms with van der Waals surface area (Å²) in [6.45, 7) is 10.6. The van der Waals surface area contributed by atoms with E-state index in [4.69, 9.17) is 9.15 Å². The van der Waals surface area contributed by atoms with E-state index in [1.54, 1.807) is 0 Å². The van der Waals surface area contributed by atoms with E-state index in [-0.39, 0.29) is 6.04 Å². The van der Waals surface area contributed by atoms with Gasteiger partial charge in [0.2, 0.25) is 11.8 Å². The molecular formula is C23H28N4O2. The van der Waals surface area contributed by atoms with Crippen LogP contribution in [0.2, 0.25) is 0 Å². The van der Waals surface area contributed by atoms with Crippen molar-refractivity contribution >= 4 is 5.69 Å². The monoisotopic (exact) mass is 392 g/mol. The number of para-hydroxylation sites is 2. The second kappa shape index (κ2) is 8.66. The number of anilines is 1. The molecule has 1 aliphatic rings. The number of piperazine rings is 1. The van der Waals surface area contributed by atoms with E-state index < -0.39 is 0 Å². The zero-order valence-electron chi connectivity index (χ0n) is 17.3. The number of hydrogen-bond acceptors (Lipinski definition) is 6. The molecule has 1 aromatic heterocycles. The first kappa shape index (κ1) is 19.5. The largest absolute Gasteiger partial charge is 0.492 e. The molecule has 0 saturated carbocycles. The molecule has 3 aromatic rings. The van der Waals surface area contributed by atoms with Crippen LogP contribution in [-0.4, -0.2) is 47.9 Å². The van der Waals surface area contributed by atoms with Crippen LogP contribution >= 0.6 is 0 Å². The van der Waals surface area contributed by atoms with Gasteiger partial charge in [-0.3, -0.25) is 4.90 Å². The van der Waals surface area contributed by atoms with Crippen LogP contribution < -0.4 is 9.64 Å². The van der Waals surface area contributed by atoms with E-state index in [1.165, 1.54) is 11.3 Å². The number of rotatable bonds is 6. The van der Waals surface area contributed by atoms with Gasteiger partial charge in [0.25, 0.3) is 0 Å². The van der Waals surface area contributed by atoms with Crippen LogP contribution in [0.3, 0.4) is 0 Å². The average molecular weight is 393 g/mol. The molecule has 4 rings (SSSR count). The zero-order valence-corrected chi connectivity index (χ0v) is 17.3. The Balaban J connectivity index is 1.42. The molecule has 2 heterocycles. The van der Waals surface area contributed by atoms with Crippen molar-refractivity contribution in [2.75, 3.05) is 37.7 Å². The van der Waals surface area contributed by atoms with Crippen molar-refractivity contribution in [3.63, 3.8) is 0 Å². The quantitative estimate of drug-likeness (QED) is 0.622. The van der Waals surface area contributed by atoms with E-state index in [0.29, 0.717) is 18.4 Å². The Morgan fingerprint density at radius 3 is 2.59 bits per heavy atom. The number of ether oxygens (including phenoxy) is 1. The highest BCUT2D eigenvalue weighted by molar-refractivity contribution is 5.58. The van der Waals surface area contributed by atoms with Crippen molar-refractivity contribution in [1.82, 2.24) is 15.1 Å². The maximum atomic E-state index is 6.00. The Kier molecular flexibility index (Phi) is 5.81. The Morgan fingerprint density at radius 1 is 1.03 bits per heavy atom. The van der Waals surface area contributed by atoms with Crippen LogP contribution in [0.15, 0.2) is 52.9 Å². The maximum absolute atomic E-state index is 6.00. The van der Waals surface area contributed by atoms with Gasteiger partial charge in [0, 0.05) is 31.7 Å². The first-order chi connectivity index (χ1) is 14.2. The van der Waals surface area contributed by atoms with E-state index in [0.717, 1.165) is 37.5 Å². The molecule has 1 atom stereocenters. The normalized spacial score (nSPS) is 16.0. The van der Waals surface area contributed by atoms with Crippen LogP contribution in [-0.2, 0) is 0 Å². The summed E-state index contributed by atoms with van der Waals surface area (Å²) in [4.78, 5) is 4.79. The van der Waals surface area contributed by atoms with Crippen LogP contribution in [0.5, 0.6) is 5.75 Å². The molecule has 2 aromatic carbocycles. The molecule has 0 amide bonds. The van der Waals surface area contributed by atoms with Gasteiger partial charge in [-0.2, -0.15) is 0 Å². The molecule has 1 aliphatic heterocycles. The highest BCUT2D eigenvalue weighted by atomic mass is 16.5. The second-order valence-corrected chi connectivity index (χ2v) is 7.41. The van der Waals surface area contributed by atoms with Gasteiger partial charge in [-0.1, -0.05) is 29.8 Å². The molecule has 152 valence electrons. The number of aromatic nitrogens is 2. The Morgan fingerprint density at radius 2 is 1.83 bits per heavy atom. The van der Waals surface area contributed by atoms with Crippen molar-refractivity contribution in [3.8, 4) is 17.2 Å². The number of benzene rings is 2. The first-order valence-electron chi connectivity index (χ1n) is 10.3. The van der Waals surface area contributed by atoms with E-state index >= 15 is 0 Å². The summed E-state index contributed by atoms with van der Waals surface area (Å²) in [7, 11) is 0. The summed E-state index contributed by atoms with van der Waals surface area (Å²) in [5.74, 6) is 2.21. The third-order valence-electron chi connectivity index (χ3n) is 5.43. The van der Waals surface area contributed by atoms with Gasteiger partial charge in [0.15, 0.2) is 0 Å². The fourth-order valence-electron chi connectivity index (χ4n) is 3.80. The van der Waals surface area contributed by atoms with Crippen molar-refractivity contribution in [2.45, 2.75) is 26.8 Å². The lowest BCUT2D eigenvalue weighted by molar-refractivity contribution is 0.173. The summed E-state index contributed by atoms with van der Waals surface area (Å²) in [5, 5.41) is 8.59. The van der Waals surface area contributed by atoms with Crippen LogP contribution in [0.1, 0.15) is 31.3 Å². The molecule has 0 spiro atoms. The Hall–Kier alpha value is -2.86. The summed E-state index contributed by atoms with van der Waals surface area (Å²) in [6, 6.07) is 16.5. The van der Waals surface area contributed by atoms with E-state index in [1.807, 2.05) is 31.2 Å². The van der Waals surface area contributed by atoms with Gasteiger partial charge < -0.3 is 14.1 Å². The SMILES string of the molecule is CCOc1ccccc1N1CCN([C@H](C)c2nnc(-c3cccc(C)c3)o2)CC1. The lowest BCUT2D eigenvalue weighted by Crippen LogP contribution is -2.47. The fraction of sp³-hybridized carbons (Fsp3) is 0.391. The number of hydrogen-bond donors (Lipinski definition) is 0. The van der Waals surface area contributed by atoms with Gasteiger partial charge in [-0.15, -0.1) is 10.2 Å². The van der Waals surface area contributed by atoms with Crippen LogP contribution in [0.4, 0.5) is 5.69 Å². The lowest BCUT2D eigenvalue weighted by atomic mass is 10.1. The molecule has 0 N–H and O–H groups in total. The first-order valence-corrected chi connectivity index (χ1v) is 10.3. The molecule has 0 aliphatic carbocycles. The summed E-state index contributed by atoms with van der Waals surface area (Å²) >= 11 is 0. The van der Waals surface area contributed by atoms with Gasteiger partial charge in [-0.25, -0.2) is 0 Å². The maximum Gasteiger partial charge on any atom is 0.247 e.